The van der Waals surface area contributed by atoms with Crippen molar-refractivity contribution in [3.8, 4) is 17.2 Å². The van der Waals surface area contributed by atoms with Gasteiger partial charge in [-0.3, -0.25) is 0 Å². The van der Waals surface area contributed by atoms with Gasteiger partial charge in [-0.2, -0.15) is 4.31 Å². The van der Waals surface area contributed by atoms with Crippen LogP contribution in [0.15, 0.2) is 57.8 Å². The molecule has 1 aliphatic rings. The molecule has 1 aromatic heterocycles. The number of benzene rings is 2. The molecule has 1 aliphatic heterocycles. The van der Waals surface area contributed by atoms with E-state index in [2.05, 4.69) is 10.2 Å². The largest absolute Gasteiger partial charge is 0.494 e. The predicted molar refractivity (Wildman–Crippen MR) is 108 cm³/mol. The molecule has 2 aromatic carbocycles. The molecule has 2 heterocycles. The highest BCUT2D eigenvalue weighted by atomic mass is 32.2. The third-order valence-electron chi connectivity index (χ3n) is 5.11. The Kier molecular flexibility index (Phi) is 5.83. The molecule has 1 saturated heterocycles. The zero-order valence-electron chi connectivity index (χ0n) is 16.5. The first-order valence-corrected chi connectivity index (χ1v) is 11.2. The number of ether oxygens (including phenoxy) is 1. The molecule has 4 rings (SSSR count). The minimum absolute atomic E-state index is 0.0153. The van der Waals surface area contributed by atoms with E-state index in [0.29, 0.717) is 55.6 Å². The van der Waals surface area contributed by atoms with Crippen LogP contribution in [0.1, 0.15) is 31.6 Å². The number of halogens is 1. The van der Waals surface area contributed by atoms with E-state index < -0.39 is 10.0 Å². The molecule has 0 atom stereocenters. The number of hydrogen-bond donors (Lipinski definition) is 0. The van der Waals surface area contributed by atoms with Crippen molar-refractivity contribution in [2.24, 2.45) is 0 Å². The van der Waals surface area contributed by atoms with E-state index in [0.717, 1.165) is 0 Å². The molecular formula is C21H22FN3O4S. The fourth-order valence-electron chi connectivity index (χ4n) is 3.48. The Labute approximate surface area is 174 Å². The monoisotopic (exact) mass is 431 g/mol. The molecule has 0 bridgehead atoms. The Morgan fingerprint density at radius 2 is 1.73 bits per heavy atom. The predicted octanol–water partition coefficient (Wildman–Crippen LogP) is 3.84. The minimum Gasteiger partial charge on any atom is -0.494 e. The maximum Gasteiger partial charge on any atom is 0.247 e. The highest BCUT2D eigenvalue weighted by Crippen LogP contribution is 2.32. The van der Waals surface area contributed by atoms with Crippen LogP contribution >= 0.6 is 0 Å². The van der Waals surface area contributed by atoms with Crippen molar-refractivity contribution >= 4 is 10.0 Å². The Hall–Kier alpha value is -2.78. The summed E-state index contributed by atoms with van der Waals surface area (Å²) in [7, 11) is -3.57. The first-order chi connectivity index (χ1) is 14.5. The van der Waals surface area contributed by atoms with Gasteiger partial charge in [0.25, 0.3) is 0 Å². The molecule has 7 nitrogen and oxygen atoms in total. The van der Waals surface area contributed by atoms with Gasteiger partial charge < -0.3 is 9.15 Å². The van der Waals surface area contributed by atoms with Crippen LogP contribution in [0.2, 0.25) is 0 Å². The summed E-state index contributed by atoms with van der Waals surface area (Å²) in [5.74, 6) is 1.10. The van der Waals surface area contributed by atoms with Crippen molar-refractivity contribution in [2.75, 3.05) is 19.7 Å². The number of hydrogen-bond acceptors (Lipinski definition) is 6. The van der Waals surface area contributed by atoms with Gasteiger partial charge in [0, 0.05) is 24.6 Å². The van der Waals surface area contributed by atoms with Gasteiger partial charge in [-0.15, -0.1) is 10.2 Å². The fraction of sp³-hybridized carbons (Fsp3) is 0.333. The highest BCUT2D eigenvalue weighted by Gasteiger charge is 2.32. The number of aromatic nitrogens is 2. The molecular weight excluding hydrogens is 409 g/mol. The molecule has 0 spiro atoms. The van der Waals surface area contributed by atoms with Gasteiger partial charge in [0.05, 0.1) is 11.5 Å². The highest BCUT2D eigenvalue weighted by molar-refractivity contribution is 7.89. The van der Waals surface area contributed by atoms with Gasteiger partial charge in [0.1, 0.15) is 11.6 Å². The quantitative estimate of drug-likeness (QED) is 0.589. The smallest absolute Gasteiger partial charge is 0.247 e. The average molecular weight is 431 g/mol. The topological polar surface area (TPSA) is 85.5 Å². The Balaban J connectivity index is 1.41. The first kappa shape index (κ1) is 20.5. The molecule has 0 N–H and O–H groups in total. The lowest BCUT2D eigenvalue weighted by Gasteiger charge is -2.29. The maximum absolute atomic E-state index is 13.1. The van der Waals surface area contributed by atoms with Crippen LogP contribution in [-0.4, -0.2) is 42.6 Å². The van der Waals surface area contributed by atoms with Crippen molar-refractivity contribution in [3.63, 3.8) is 0 Å². The lowest BCUT2D eigenvalue weighted by molar-refractivity contribution is 0.291. The maximum atomic E-state index is 13.1. The Morgan fingerprint density at radius 1 is 1.07 bits per heavy atom. The zero-order valence-corrected chi connectivity index (χ0v) is 17.3. The molecule has 1 fully saturated rings. The lowest BCUT2D eigenvalue weighted by atomic mass is 9.98. The summed E-state index contributed by atoms with van der Waals surface area (Å²) < 4.78 is 51.5. The SMILES string of the molecule is CCOc1ccc(S(=O)(=O)N2CCC(c3nnc(-c4ccc(F)cc4)o3)CC2)cc1. The number of nitrogens with zero attached hydrogens (tertiary/aromatic N) is 3. The summed E-state index contributed by atoms with van der Waals surface area (Å²) in [5, 5.41) is 8.17. The summed E-state index contributed by atoms with van der Waals surface area (Å²) in [6.45, 7) is 3.14. The van der Waals surface area contributed by atoms with Gasteiger partial charge in [0.2, 0.25) is 21.8 Å². The summed E-state index contributed by atoms with van der Waals surface area (Å²) in [6.07, 6.45) is 1.17. The van der Waals surface area contributed by atoms with Gasteiger partial charge in [-0.05, 0) is 68.3 Å². The molecule has 0 aliphatic carbocycles. The van der Waals surface area contributed by atoms with E-state index >= 15 is 0 Å². The van der Waals surface area contributed by atoms with E-state index in [1.165, 1.54) is 16.4 Å². The lowest BCUT2D eigenvalue weighted by Crippen LogP contribution is -2.37. The molecule has 0 saturated carbocycles. The molecule has 30 heavy (non-hydrogen) atoms. The minimum atomic E-state index is -3.57. The number of sulfonamides is 1. The third-order valence-corrected chi connectivity index (χ3v) is 7.02. The molecule has 0 unspecified atom stereocenters. The van der Waals surface area contributed by atoms with Crippen LogP contribution in [0.5, 0.6) is 5.75 Å². The normalized spacial score (nSPS) is 15.9. The summed E-state index contributed by atoms with van der Waals surface area (Å²) in [6, 6.07) is 12.3. The van der Waals surface area contributed by atoms with Crippen LogP contribution in [0, 0.1) is 5.82 Å². The van der Waals surface area contributed by atoms with Crippen LogP contribution in [-0.2, 0) is 10.0 Å². The zero-order chi connectivity index (χ0) is 21.1. The van der Waals surface area contributed by atoms with E-state index in [9.17, 15) is 12.8 Å². The summed E-state index contributed by atoms with van der Waals surface area (Å²) in [4.78, 5) is 0.251. The van der Waals surface area contributed by atoms with Crippen LogP contribution in [0.3, 0.4) is 0 Å². The third kappa shape index (κ3) is 4.22. The second-order valence-electron chi connectivity index (χ2n) is 7.04. The van der Waals surface area contributed by atoms with Crippen LogP contribution in [0.25, 0.3) is 11.5 Å². The van der Waals surface area contributed by atoms with Crippen LogP contribution in [0.4, 0.5) is 4.39 Å². The number of rotatable bonds is 6. The van der Waals surface area contributed by atoms with Crippen LogP contribution < -0.4 is 4.74 Å². The van der Waals surface area contributed by atoms with E-state index in [1.807, 2.05) is 6.92 Å². The van der Waals surface area contributed by atoms with E-state index in [4.69, 9.17) is 9.15 Å². The van der Waals surface area contributed by atoms with E-state index in [1.54, 1.807) is 36.4 Å². The van der Waals surface area contributed by atoms with Crippen molar-refractivity contribution in [2.45, 2.75) is 30.6 Å². The van der Waals surface area contributed by atoms with Crippen molar-refractivity contribution in [1.29, 1.82) is 0 Å². The van der Waals surface area contributed by atoms with Gasteiger partial charge in [-0.1, -0.05) is 0 Å². The van der Waals surface area contributed by atoms with Crippen molar-refractivity contribution < 1.29 is 22.0 Å². The molecule has 0 amide bonds. The van der Waals surface area contributed by atoms with Gasteiger partial charge >= 0.3 is 0 Å². The van der Waals surface area contributed by atoms with E-state index in [-0.39, 0.29) is 16.6 Å². The number of piperidine rings is 1. The fourth-order valence-corrected chi connectivity index (χ4v) is 4.95. The average Bonchev–Trinajstić information content (AvgIpc) is 3.25. The van der Waals surface area contributed by atoms with Gasteiger partial charge in [-0.25, -0.2) is 12.8 Å². The second-order valence-corrected chi connectivity index (χ2v) is 8.97. The second kappa shape index (κ2) is 8.53. The first-order valence-electron chi connectivity index (χ1n) is 9.79. The molecule has 9 heteroatoms. The Morgan fingerprint density at radius 3 is 2.37 bits per heavy atom. The Bertz CT molecular complexity index is 1090. The van der Waals surface area contributed by atoms with Crippen molar-refractivity contribution in [3.05, 3.63) is 60.2 Å². The summed E-state index contributed by atoms with van der Waals surface area (Å²) in [5.41, 5.74) is 0.644. The molecule has 3 aromatic rings. The molecule has 0 radical (unpaired) electrons. The molecule has 158 valence electrons. The van der Waals surface area contributed by atoms with Gasteiger partial charge in [0.15, 0.2) is 0 Å². The summed E-state index contributed by atoms with van der Waals surface area (Å²) >= 11 is 0. The standard InChI is InChI=1S/C21H22FN3O4S/c1-2-28-18-7-9-19(10-8-18)30(26,27)25-13-11-16(12-14-25)21-24-23-20(29-21)15-3-5-17(22)6-4-15/h3-10,16H,2,11-14H2,1H3. The van der Waals surface area contributed by atoms with Crippen molar-refractivity contribution in [1.82, 2.24) is 14.5 Å².